The van der Waals surface area contributed by atoms with Crippen molar-refractivity contribution in [2.24, 2.45) is 0 Å². The number of nitrogens with zero attached hydrogens (tertiary/aromatic N) is 2. The number of furan rings is 1. The van der Waals surface area contributed by atoms with Crippen molar-refractivity contribution >= 4 is 33.5 Å². The Morgan fingerprint density at radius 2 is 1.91 bits per heavy atom. The summed E-state index contributed by atoms with van der Waals surface area (Å²) in [5, 5.41) is 8.32. The number of esters is 1. The van der Waals surface area contributed by atoms with Crippen LogP contribution in [0, 0.1) is 0 Å². The molecule has 0 aliphatic rings. The number of ether oxygens (including phenoxy) is 1. The number of halogens is 2. The smallest absolute Gasteiger partial charge is 0.374 e. The van der Waals surface area contributed by atoms with Gasteiger partial charge in [-0.15, -0.1) is 10.2 Å². The highest BCUT2D eigenvalue weighted by Crippen LogP contribution is 2.21. The van der Waals surface area contributed by atoms with Crippen molar-refractivity contribution in [3.63, 3.8) is 0 Å². The first-order valence-electron chi connectivity index (χ1n) is 6.12. The molecule has 0 atom stereocenters. The average Bonchev–Trinajstić information content (AvgIpc) is 3.15. The van der Waals surface area contributed by atoms with Gasteiger partial charge < -0.3 is 13.6 Å². The Morgan fingerprint density at radius 1 is 1.14 bits per heavy atom. The van der Waals surface area contributed by atoms with Crippen LogP contribution in [0.1, 0.15) is 16.4 Å². The maximum absolute atomic E-state index is 11.7. The van der Waals surface area contributed by atoms with E-state index in [1.54, 1.807) is 30.3 Å². The van der Waals surface area contributed by atoms with Crippen LogP contribution in [0.4, 0.5) is 0 Å². The average molecular weight is 384 g/mol. The summed E-state index contributed by atoms with van der Waals surface area (Å²) >= 11 is 8.92. The van der Waals surface area contributed by atoms with Crippen molar-refractivity contribution in [1.82, 2.24) is 10.2 Å². The van der Waals surface area contributed by atoms with E-state index in [9.17, 15) is 4.79 Å². The van der Waals surface area contributed by atoms with Gasteiger partial charge >= 0.3 is 5.97 Å². The summed E-state index contributed by atoms with van der Waals surface area (Å²) < 4.78 is 16.0. The third-order valence-electron chi connectivity index (χ3n) is 2.66. The summed E-state index contributed by atoms with van der Waals surface area (Å²) in [7, 11) is 0. The second-order valence-electron chi connectivity index (χ2n) is 4.19. The fourth-order valence-electron chi connectivity index (χ4n) is 1.64. The molecule has 0 unspecified atom stereocenters. The third-order valence-corrected chi connectivity index (χ3v) is 3.34. The summed E-state index contributed by atoms with van der Waals surface area (Å²) in [5.41, 5.74) is 0.726. The molecule has 3 aromatic rings. The van der Waals surface area contributed by atoms with Crippen molar-refractivity contribution in [2.75, 3.05) is 0 Å². The predicted octanol–water partition coefficient (Wildman–Crippen LogP) is 4.10. The largest absolute Gasteiger partial charge is 0.450 e. The van der Waals surface area contributed by atoms with Crippen LogP contribution in [0.15, 0.2) is 49.9 Å². The van der Waals surface area contributed by atoms with Gasteiger partial charge in [-0.25, -0.2) is 4.79 Å². The monoisotopic (exact) mass is 382 g/mol. The van der Waals surface area contributed by atoms with E-state index in [2.05, 4.69) is 26.1 Å². The first kappa shape index (κ1) is 14.8. The van der Waals surface area contributed by atoms with Gasteiger partial charge in [-0.1, -0.05) is 11.6 Å². The lowest BCUT2D eigenvalue weighted by molar-refractivity contribution is 0.0401. The summed E-state index contributed by atoms with van der Waals surface area (Å²) in [6.07, 6.45) is 0. The zero-order chi connectivity index (χ0) is 15.5. The fraction of sp³-hybridized carbons (Fsp3) is 0.0714. The molecule has 1 aromatic carbocycles. The normalized spacial score (nSPS) is 10.6. The molecule has 0 amide bonds. The molecule has 0 fully saturated rings. The predicted molar refractivity (Wildman–Crippen MR) is 80.3 cm³/mol. The van der Waals surface area contributed by atoms with Crippen LogP contribution in [-0.2, 0) is 11.3 Å². The van der Waals surface area contributed by atoms with E-state index in [1.807, 2.05) is 0 Å². The molecule has 22 heavy (non-hydrogen) atoms. The molecule has 0 radical (unpaired) electrons. The topological polar surface area (TPSA) is 78.4 Å². The van der Waals surface area contributed by atoms with Gasteiger partial charge in [-0.05, 0) is 52.3 Å². The molecule has 0 bridgehead atoms. The molecule has 0 N–H and O–H groups in total. The molecule has 2 aromatic heterocycles. The van der Waals surface area contributed by atoms with Crippen molar-refractivity contribution in [1.29, 1.82) is 0 Å². The molecular formula is C14H8BrClN2O4. The standard InChI is InChI=1S/C14H8BrClN2O4/c15-11-6-5-10(21-11)14(19)20-7-12-17-18-13(22-12)8-1-3-9(16)4-2-8/h1-6H,7H2. The van der Waals surface area contributed by atoms with E-state index >= 15 is 0 Å². The first-order chi connectivity index (χ1) is 10.6. The van der Waals surface area contributed by atoms with E-state index in [0.717, 1.165) is 5.56 Å². The number of aromatic nitrogens is 2. The highest BCUT2D eigenvalue weighted by atomic mass is 79.9. The van der Waals surface area contributed by atoms with E-state index in [1.165, 1.54) is 6.07 Å². The second-order valence-corrected chi connectivity index (χ2v) is 5.41. The Kier molecular flexibility index (Phi) is 4.26. The third kappa shape index (κ3) is 3.37. The minimum Gasteiger partial charge on any atom is -0.450 e. The Balaban J connectivity index is 1.64. The highest BCUT2D eigenvalue weighted by Gasteiger charge is 2.15. The second kappa shape index (κ2) is 6.33. The van der Waals surface area contributed by atoms with E-state index in [0.29, 0.717) is 15.6 Å². The van der Waals surface area contributed by atoms with E-state index in [-0.39, 0.29) is 18.3 Å². The van der Waals surface area contributed by atoms with Gasteiger partial charge in [0.15, 0.2) is 11.3 Å². The SMILES string of the molecule is O=C(OCc1nnc(-c2ccc(Cl)cc2)o1)c1ccc(Br)o1. The Bertz CT molecular complexity index is 797. The molecule has 0 saturated heterocycles. The van der Waals surface area contributed by atoms with Crippen LogP contribution >= 0.6 is 27.5 Å². The lowest BCUT2D eigenvalue weighted by atomic mass is 10.2. The molecule has 0 saturated carbocycles. The first-order valence-corrected chi connectivity index (χ1v) is 7.30. The summed E-state index contributed by atoms with van der Waals surface area (Å²) in [6, 6.07) is 10.0. The van der Waals surface area contributed by atoms with Gasteiger partial charge in [0, 0.05) is 10.6 Å². The van der Waals surface area contributed by atoms with E-state index < -0.39 is 5.97 Å². The number of rotatable bonds is 4. The van der Waals surface area contributed by atoms with Crippen LogP contribution in [0.2, 0.25) is 5.02 Å². The van der Waals surface area contributed by atoms with Gasteiger partial charge in [-0.3, -0.25) is 0 Å². The molecule has 0 aliphatic heterocycles. The number of benzene rings is 1. The van der Waals surface area contributed by atoms with Gasteiger partial charge in [-0.2, -0.15) is 0 Å². The minimum atomic E-state index is -0.614. The zero-order valence-corrected chi connectivity index (χ0v) is 13.3. The molecule has 2 heterocycles. The van der Waals surface area contributed by atoms with Crippen LogP contribution in [-0.4, -0.2) is 16.2 Å². The molecule has 0 spiro atoms. The summed E-state index contributed by atoms with van der Waals surface area (Å²) in [5.74, 6) is -0.0198. The fourth-order valence-corrected chi connectivity index (χ4v) is 2.08. The maximum Gasteiger partial charge on any atom is 0.374 e. The highest BCUT2D eigenvalue weighted by molar-refractivity contribution is 9.10. The number of carbonyl (C=O) groups is 1. The molecule has 6 nitrogen and oxygen atoms in total. The van der Waals surface area contributed by atoms with Crippen LogP contribution in [0.25, 0.3) is 11.5 Å². The number of hydrogen-bond acceptors (Lipinski definition) is 6. The molecule has 8 heteroatoms. The summed E-state index contributed by atoms with van der Waals surface area (Å²) in [6.45, 7) is -0.141. The molecular weight excluding hydrogens is 376 g/mol. The van der Waals surface area contributed by atoms with Crippen molar-refractivity contribution in [2.45, 2.75) is 6.61 Å². The Labute approximate surface area is 138 Å². The van der Waals surface area contributed by atoms with Gasteiger partial charge in [0.2, 0.25) is 11.7 Å². The minimum absolute atomic E-state index is 0.0873. The van der Waals surface area contributed by atoms with Crippen LogP contribution in [0.5, 0.6) is 0 Å². The molecule has 3 rings (SSSR count). The van der Waals surface area contributed by atoms with Gasteiger partial charge in [0.1, 0.15) is 0 Å². The van der Waals surface area contributed by atoms with Crippen LogP contribution in [0.3, 0.4) is 0 Å². The zero-order valence-electron chi connectivity index (χ0n) is 11.0. The van der Waals surface area contributed by atoms with Gasteiger partial charge in [0.25, 0.3) is 5.89 Å². The molecule has 0 aliphatic carbocycles. The van der Waals surface area contributed by atoms with Crippen molar-refractivity contribution in [3.8, 4) is 11.5 Å². The van der Waals surface area contributed by atoms with Crippen molar-refractivity contribution in [3.05, 3.63) is 57.7 Å². The number of hydrogen-bond donors (Lipinski definition) is 0. The van der Waals surface area contributed by atoms with Crippen molar-refractivity contribution < 1.29 is 18.4 Å². The lowest BCUT2D eigenvalue weighted by Gasteiger charge is -1.98. The molecule has 112 valence electrons. The van der Waals surface area contributed by atoms with E-state index in [4.69, 9.17) is 25.2 Å². The Hall–Kier alpha value is -2.12. The Morgan fingerprint density at radius 3 is 2.59 bits per heavy atom. The quantitative estimate of drug-likeness (QED) is 0.631. The maximum atomic E-state index is 11.7. The summed E-state index contributed by atoms with van der Waals surface area (Å²) in [4.78, 5) is 11.7. The lowest BCUT2D eigenvalue weighted by Crippen LogP contribution is -2.04. The van der Waals surface area contributed by atoms with Gasteiger partial charge in [0.05, 0.1) is 0 Å². The number of carbonyl (C=O) groups excluding carboxylic acids is 1. The van der Waals surface area contributed by atoms with Crippen LogP contribution < -0.4 is 0 Å².